The van der Waals surface area contributed by atoms with Crippen LogP contribution in [0.25, 0.3) is 0 Å². The van der Waals surface area contributed by atoms with Gasteiger partial charge in [0.1, 0.15) is 12.6 Å². The third-order valence-corrected chi connectivity index (χ3v) is 8.81. The minimum absolute atomic E-state index is 0.0632. The van der Waals surface area contributed by atoms with Gasteiger partial charge in [0.05, 0.1) is 10.6 Å². The van der Waals surface area contributed by atoms with Gasteiger partial charge in [-0.15, -0.1) is 0 Å². The molecule has 0 fully saturated rings. The summed E-state index contributed by atoms with van der Waals surface area (Å²) in [5.74, 6) is -0.785. The maximum atomic E-state index is 14.2. The molecule has 220 valence electrons. The molecular formula is C32H40ClN3O4S. The van der Waals surface area contributed by atoms with Gasteiger partial charge in [-0.25, -0.2) is 8.42 Å². The van der Waals surface area contributed by atoms with Crippen molar-refractivity contribution in [3.8, 4) is 0 Å². The quantitative estimate of drug-likeness (QED) is 0.302. The summed E-state index contributed by atoms with van der Waals surface area (Å²) in [5.41, 5.74) is 3.18. The SMILES string of the molecule is CC[C@H](C(=O)NC(C)(C)C)N(Cc1ccccc1C)C(=O)CN(c1ccc(Cl)cc1C)S(=O)(=O)c1ccc(C)cc1. The Balaban J connectivity index is 2.12. The molecule has 1 atom stereocenters. The first kappa shape index (κ1) is 32.2. The lowest BCUT2D eigenvalue weighted by Gasteiger charge is -2.35. The number of aryl methyl sites for hydroxylation is 3. The number of halogens is 1. The summed E-state index contributed by atoms with van der Waals surface area (Å²) in [4.78, 5) is 29.2. The van der Waals surface area contributed by atoms with E-state index in [4.69, 9.17) is 11.6 Å². The second kappa shape index (κ2) is 13.1. The number of anilines is 1. The van der Waals surface area contributed by atoms with E-state index in [0.29, 0.717) is 22.7 Å². The Bertz CT molecular complexity index is 1500. The van der Waals surface area contributed by atoms with Crippen LogP contribution in [0.4, 0.5) is 5.69 Å². The Kier molecular flexibility index (Phi) is 10.3. The first-order valence-corrected chi connectivity index (χ1v) is 15.5. The van der Waals surface area contributed by atoms with E-state index in [2.05, 4.69) is 5.32 Å². The van der Waals surface area contributed by atoms with Gasteiger partial charge in [0.2, 0.25) is 11.8 Å². The fraction of sp³-hybridized carbons (Fsp3) is 0.375. The number of carbonyl (C=O) groups excluding carboxylic acids is 2. The first-order chi connectivity index (χ1) is 19.1. The van der Waals surface area contributed by atoms with Crippen molar-refractivity contribution in [1.29, 1.82) is 0 Å². The maximum Gasteiger partial charge on any atom is 0.264 e. The number of nitrogens with one attached hydrogen (secondary N) is 1. The smallest absolute Gasteiger partial charge is 0.264 e. The van der Waals surface area contributed by atoms with Crippen molar-refractivity contribution in [2.75, 3.05) is 10.8 Å². The standard InChI is InChI=1S/C32H40ClN3O4S/c1-8-28(31(38)34-32(5,6)7)35(20-25-12-10-9-11-23(25)3)30(37)21-36(29-18-15-26(33)19-24(29)4)41(39,40)27-16-13-22(2)14-17-27/h9-19,28H,8,20-21H2,1-7H3,(H,34,38)/t28-/m1/s1. The molecule has 0 saturated carbocycles. The van der Waals surface area contributed by atoms with E-state index in [1.54, 1.807) is 37.3 Å². The number of rotatable bonds is 10. The zero-order valence-electron chi connectivity index (χ0n) is 24.9. The molecule has 7 nitrogen and oxygen atoms in total. The van der Waals surface area contributed by atoms with Crippen molar-refractivity contribution in [1.82, 2.24) is 10.2 Å². The normalized spacial score (nSPS) is 12.5. The second-order valence-corrected chi connectivity index (χ2v) is 13.7. The summed E-state index contributed by atoms with van der Waals surface area (Å²) >= 11 is 6.19. The molecule has 0 spiro atoms. The number of carbonyl (C=O) groups is 2. The molecule has 0 bridgehead atoms. The molecule has 0 saturated heterocycles. The molecule has 0 unspecified atom stereocenters. The minimum atomic E-state index is -4.16. The molecule has 0 aliphatic rings. The Morgan fingerprint density at radius 2 is 1.56 bits per heavy atom. The molecule has 0 heterocycles. The third-order valence-electron chi connectivity index (χ3n) is 6.80. The van der Waals surface area contributed by atoms with E-state index >= 15 is 0 Å². The van der Waals surface area contributed by atoms with E-state index < -0.39 is 34.1 Å². The van der Waals surface area contributed by atoms with Crippen molar-refractivity contribution >= 4 is 39.1 Å². The largest absolute Gasteiger partial charge is 0.350 e. The number of amides is 2. The highest BCUT2D eigenvalue weighted by atomic mass is 35.5. The van der Waals surface area contributed by atoms with Gasteiger partial charge in [-0.3, -0.25) is 13.9 Å². The van der Waals surface area contributed by atoms with Crippen molar-refractivity contribution in [3.63, 3.8) is 0 Å². The number of nitrogens with zero attached hydrogens (tertiary/aromatic N) is 2. The summed E-state index contributed by atoms with van der Waals surface area (Å²) in [6.07, 6.45) is 0.351. The van der Waals surface area contributed by atoms with Gasteiger partial charge in [0.25, 0.3) is 10.0 Å². The zero-order valence-corrected chi connectivity index (χ0v) is 26.4. The third kappa shape index (κ3) is 8.11. The van der Waals surface area contributed by atoms with Crippen LogP contribution < -0.4 is 9.62 Å². The van der Waals surface area contributed by atoms with Crippen molar-refractivity contribution in [2.24, 2.45) is 0 Å². The lowest BCUT2D eigenvalue weighted by Crippen LogP contribution is -2.55. The molecule has 2 amide bonds. The van der Waals surface area contributed by atoms with Gasteiger partial charge in [-0.2, -0.15) is 0 Å². The highest BCUT2D eigenvalue weighted by Crippen LogP contribution is 2.30. The average Bonchev–Trinajstić information content (AvgIpc) is 2.87. The van der Waals surface area contributed by atoms with E-state index in [-0.39, 0.29) is 17.3 Å². The summed E-state index contributed by atoms with van der Waals surface area (Å²) in [6, 6.07) is 18.2. The molecule has 3 aromatic rings. The van der Waals surface area contributed by atoms with Crippen LogP contribution in [0.2, 0.25) is 5.02 Å². The van der Waals surface area contributed by atoms with Crippen LogP contribution in [0.1, 0.15) is 56.4 Å². The molecule has 0 aliphatic carbocycles. The van der Waals surface area contributed by atoms with E-state index in [9.17, 15) is 18.0 Å². The minimum Gasteiger partial charge on any atom is -0.350 e. The van der Waals surface area contributed by atoms with Crippen LogP contribution in [0.5, 0.6) is 0 Å². The van der Waals surface area contributed by atoms with Gasteiger partial charge >= 0.3 is 0 Å². The fourth-order valence-electron chi connectivity index (χ4n) is 4.59. The summed E-state index contributed by atoms with van der Waals surface area (Å²) in [7, 11) is -4.16. The van der Waals surface area contributed by atoms with Crippen LogP contribution in [0.3, 0.4) is 0 Å². The van der Waals surface area contributed by atoms with Crippen LogP contribution in [0, 0.1) is 20.8 Å². The van der Waals surface area contributed by atoms with Gasteiger partial charge < -0.3 is 10.2 Å². The number of sulfonamides is 1. The molecule has 3 rings (SSSR count). The number of benzene rings is 3. The van der Waals surface area contributed by atoms with Crippen LogP contribution in [-0.4, -0.2) is 43.3 Å². The number of hydrogen-bond acceptors (Lipinski definition) is 4. The molecule has 1 N–H and O–H groups in total. The summed E-state index contributed by atoms with van der Waals surface area (Å²) in [6.45, 7) is 12.7. The Morgan fingerprint density at radius 3 is 2.12 bits per heavy atom. The highest BCUT2D eigenvalue weighted by molar-refractivity contribution is 7.92. The lowest BCUT2D eigenvalue weighted by molar-refractivity contribution is -0.141. The van der Waals surface area contributed by atoms with Gasteiger partial charge in [0, 0.05) is 17.1 Å². The van der Waals surface area contributed by atoms with Crippen LogP contribution in [0.15, 0.2) is 71.6 Å². The van der Waals surface area contributed by atoms with E-state index in [1.165, 1.54) is 17.0 Å². The summed E-state index contributed by atoms with van der Waals surface area (Å²) in [5, 5.41) is 3.44. The van der Waals surface area contributed by atoms with Crippen LogP contribution >= 0.6 is 11.6 Å². The highest BCUT2D eigenvalue weighted by Gasteiger charge is 2.35. The van der Waals surface area contributed by atoms with Gasteiger partial charge in [-0.1, -0.05) is 60.5 Å². The van der Waals surface area contributed by atoms with Crippen molar-refractivity contribution < 1.29 is 18.0 Å². The second-order valence-electron chi connectivity index (χ2n) is 11.4. The average molecular weight is 598 g/mol. The van der Waals surface area contributed by atoms with Gasteiger partial charge in [-0.05, 0) is 95.0 Å². The van der Waals surface area contributed by atoms with Gasteiger partial charge in [0.15, 0.2) is 0 Å². The topological polar surface area (TPSA) is 86.8 Å². The molecule has 3 aromatic carbocycles. The molecule has 0 aromatic heterocycles. The van der Waals surface area contributed by atoms with E-state index in [0.717, 1.165) is 21.0 Å². The maximum absolute atomic E-state index is 14.2. The molecule has 0 radical (unpaired) electrons. The van der Waals surface area contributed by atoms with E-state index in [1.807, 2.05) is 65.8 Å². The Labute approximate surface area is 249 Å². The molecule has 41 heavy (non-hydrogen) atoms. The van der Waals surface area contributed by atoms with Crippen molar-refractivity contribution in [2.45, 2.75) is 77.9 Å². The monoisotopic (exact) mass is 597 g/mol. The molecule has 0 aliphatic heterocycles. The molecule has 9 heteroatoms. The van der Waals surface area contributed by atoms with Crippen molar-refractivity contribution in [3.05, 3.63) is 94.0 Å². The zero-order chi connectivity index (χ0) is 30.5. The van der Waals surface area contributed by atoms with Crippen LogP contribution in [-0.2, 0) is 26.2 Å². The summed E-state index contributed by atoms with van der Waals surface area (Å²) < 4.78 is 29.2. The lowest BCUT2D eigenvalue weighted by atomic mass is 10.0. The Hall–Kier alpha value is -3.36. The Morgan fingerprint density at radius 1 is 0.927 bits per heavy atom. The molecular weight excluding hydrogens is 558 g/mol. The fourth-order valence-corrected chi connectivity index (χ4v) is 6.30. The number of hydrogen-bond donors (Lipinski definition) is 1. The first-order valence-electron chi connectivity index (χ1n) is 13.7. The predicted molar refractivity (Wildman–Crippen MR) is 166 cm³/mol. The predicted octanol–water partition coefficient (Wildman–Crippen LogP) is 6.18.